The Hall–Kier alpha value is -2.87. The van der Waals surface area contributed by atoms with E-state index in [1.165, 1.54) is 24.3 Å². The number of nitro groups is 1. The lowest BCUT2D eigenvalue weighted by atomic mass is 10.1. The van der Waals surface area contributed by atoms with Gasteiger partial charge in [0.15, 0.2) is 0 Å². The van der Waals surface area contributed by atoms with Crippen molar-refractivity contribution in [1.29, 1.82) is 0 Å². The number of rotatable bonds is 8. The fraction of sp³-hybridized carbons (Fsp3) is 0.300. The first-order valence-corrected chi connectivity index (χ1v) is 10.1. The zero-order chi connectivity index (χ0) is 20.7. The molecule has 0 radical (unpaired) electrons. The molecule has 0 spiro atoms. The molecule has 0 aliphatic rings. The highest BCUT2D eigenvalue weighted by atomic mass is 32.2. The number of aryl methyl sites for hydroxylation is 2. The Bertz CT molecular complexity index is 886. The molecule has 148 valence electrons. The molecule has 2 N–H and O–H groups in total. The third-order valence-corrected chi connectivity index (χ3v) is 4.84. The SMILES string of the molecule is CSCC[C@H](NC(=O)c1cccc([N+](=O)[O-])c1)C(=O)Nc1ccc(C)cc1C. The molecule has 0 heterocycles. The zero-order valence-electron chi connectivity index (χ0n) is 16.0. The molecule has 8 heteroatoms. The summed E-state index contributed by atoms with van der Waals surface area (Å²) in [5.74, 6) is -0.162. The average Bonchev–Trinajstić information content (AvgIpc) is 2.67. The van der Waals surface area contributed by atoms with E-state index in [0.29, 0.717) is 17.9 Å². The van der Waals surface area contributed by atoms with E-state index in [0.717, 1.165) is 11.1 Å². The van der Waals surface area contributed by atoms with E-state index >= 15 is 0 Å². The molecule has 1 atom stereocenters. The number of nitro benzene ring substituents is 1. The second kappa shape index (κ2) is 9.89. The van der Waals surface area contributed by atoms with Crippen LogP contribution in [0.15, 0.2) is 42.5 Å². The van der Waals surface area contributed by atoms with Crippen LogP contribution in [-0.4, -0.2) is 34.8 Å². The number of carbonyl (C=O) groups excluding carboxylic acids is 2. The van der Waals surface area contributed by atoms with Crippen molar-refractivity contribution in [1.82, 2.24) is 5.32 Å². The first-order valence-electron chi connectivity index (χ1n) is 8.74. The smallest absolute Gasteiger partial charge is 0.270 e. The van der Waals surface area contributed by atoms with Crippen molar-refractivity contribution >= 4 is 35.0 Å². The van der Waals surface area contributed by atoms with E-state index < -0.39 is 16.9 Å². The minimum Gasteiger partial charge on any atom is -0.340 e. The Labute approximate surface area is 168 Å². The van der Waals surface area contributed by atoms with Crippen molar-refractivity contribution in [3.8, 4) is 0 Å². The minimum atomic E-state index is -0.750. The van der Waals surface area contributed by atoms with Gasteiger partial charge in [0.2, 0.25) is 5.91 Å². The lowest BCUT2D eigenvalue weighted by Crippen LogP contribution is -2.44. The molecule has 0 unspecified atom stereocenters. The molecule has 0 saturated heterocycles. The van der Waals surface area contributed by atoms with Crippen LogP contribution in [0.2, 0.25) is 0 Å². The van der Waals surface area contributed by atoms with E-state index in [2.05, 4.69) is 10.6 Å². The van der Waals surface area contributed by atoms with E-state index in [4.69, 9.17) is 0 Å². The molecule has 2 aromatic rings. The van der Waals surface area contributed by atoms with E-state index in [1.54, 1.807) is 11.8 Å². The van der Waals surface area contributed by atoms with Gasteiger partial charge >= 0.3 is 0 Å². The van der Waals surface area contributed by atoms with Crippen LogP contribution in [0.25, 0.3) is 0 Å². The highest BCUT2D eigenvalue weighted by Crippen LogP contribution is 2.17. The molecular weight excluding hydrogens is 378 g/mol. The summed E-state index contributed by atoms with van der Waals surface area (Å²) in [5, 5.41) is 16.5. The minimum absolute atomic E-state index is 0.141. The monoisotopic (exact) mass is 401 g/mol. The Morgan fingerprint density at radius 3 is 2.57 bits per heavy atom. The molecule has 7 nitrogen and oxygen atoms in total. The number of amides is 2. The molecule has 0 aromatic heterocycles. The van der Waals surface area contributed by atoms with Crippen molar-refractivity contribution in [2.24, 2.45) is 0 Å². The van der Waals surface area contributed by atoms with Crippen LogP contribution in [-0.2, 0) is 4.79 Å². The molecule has 0 aliphatic carbocycles. The standard InChI is InChI=1S/C20H23N3O4S/c1-13-7-8-17(14(2)11-13)21-20(25)18(9-10-28-3)22-19(24)15-5-4-6-16(12-15)23(26)27/h4-8,11-12,18H,9-10H2,1-3H3,(H,21,25)(H,22,24)/t18-/m0/s1. The van der Waals surface area contributed by atoms with Crippen LogP contribution >= 0.6 is 11.8 Å². The van der Waals surface area contributed by atoms with Crippen molar-refractivity contribution in [2.45, 2.75) is 26.3 Å². The lowest BCUT2D eigenvalue weighted by Gasteiger charge is -2.19. The number of nitrogens with one attached hydrogen (secondary N) is 2. The largest absolute Gasteiger partial charge is 0.340 e. The van der Waals surface area contributed by atoms with Gasteiger partial charge in [-0.2, -0.15) is 11.8 Å². The quantitative estimate of drug-likeness (QED) is 0.519. The van der Waals surface area contributed by atoms with Gasteiger partial charge in [0.05, 0.1) is 4.92 Å². The summed E-state index contributed by atoms with van der Waals surface area (Å²) in [6.07, 6.45) is 2.36. The molecule has 0 fully saturated rings. The number of hydrogen-bond acceptors (Lipinski definition) is 5. The van der Waals surface area contributed by atoms with Crippen LogP contribution in [0.3, 0.4) is 0 Å². The second-order valence-corrected chi connectivity index (χ2v) is 7.41. The number of thioether (sulfide) groups is 1. The number of nitrogens with zero attached hydrogens (tertiary/aromatic N) is 1. The Kier molecular flexibility index (Phi) is 7.57. The highest BCUT2D eigenvalue weighted by molar-refractivity contribution is 7.98. The zero-order valence-corrected chi connectivity index (χ0v) is 16.8. The van der Waals surface area contributed by atoms with Gasteiger partial charge in [-0.1, -0.05) is 23.8 Å². The van der Waals surface area contributed by atoms with Gasteiger partial charge in [0.1, 0.15) is 6.04 Å². The molecule has 0 bridgehead atoms. The molecule has 2 amide bonds. The number of non-ortho nitro benzene ring substituents is 1. The van der Waals surface area contributed by atoms with Gasteiger partial charge in [0.25, 0.3) is 11.6 Å². The number of benzene rings is 2. The average molecular weight is 401 g/mol. The third-order valence-electron chi connectivity index (χ3n) is 4.19. The Morgan fingerprint density at radius 1 is 1.18 bits per heavy atom. The lowest BCUT2D eigenvalue weighted by molar-refractivity contribution is -0.384. The number of carbonyl (C=O) groups is 2. The van der Waals surface area contributed by atoms with Crippen LogP contribution in [0.1, 0.15) is 27.9 Å². The van der Waals surface area contributed by atoms with Crippen molar-refractivity contribution < 1.29 is 14.5 Å². The molecule has 0 saturated carbocycles. The summed E-state index contributed by atoms with van der Waals surface area (Å²) in [6, 6.07) is 10.4. The van der Waals surface area contributed by atoms with E-state index in [1.807, 2.05) is 38.3 Å². The van der Waals surface area contributed by atoms with Crippen LogP contribution < -0.4 is 10.6 Å². The summed E-state index contributed by atoms with van der Waals surface area (Å²) in [6.45, 7) is 3.88. The van der Waals surface area contributed by atoms with Crippen molar-refractivity contribution in [3.05, 3.63) is 69.3 Å². The summed E-state index contributed by atoms with van der Waals surface area (Å²) in [4.78, 5) is 35.6. The maximum Gasteiger partial charge on any atom is 0.270 e. The predicted molar refractivity (Wildman–Crippen MR) is 112 cm³/mol. The van der Waals surface area contributed by atoms with Crippen molar-refractivity contribution in [2.75, 3.05) is 17.3 Å². The van der Waals surface area contributed by atoms with Gasteiger partial charge in [-0.15, -0.1) is 0 Å². The highest BCUT2D eigenvalue weighted by Gasteiger charge is 2.22. The maximum absolute atomic E-state index is 12.8. The normalized spacial score (nSPS) is 11.5. The first kappa shape index (κ1) is 21.4. The van der Waals surface area contributed by atoms with Gasteiger partial charge < -0.3 is 10.6 Å². The predicted octanol–water partition coefficient (Wildman–Crippen LogP) is 3.70. The van der Waals surface area contributed by atoms with Gasteiger partial charge in [-0.25, -0.2) is 0 Å². The number of anilines is 1. The Morgan fingerprint density at radius 2 is 1.93 bits per heavy atom. The fourth-order valence-electron chi connectivity index (χ4n) is 2.68. The first-order chi connectivity index (χ1) is 13.3. The van der Waals surface area contributed by atoms with Crippen molar-refractivity contribution in [3.63, 3.8) is 0 Å². The van der Waals surface area contributed by atoms with Crippen LogP contribution in [0.5, 0.6) is 0 Å². The van der Waals surface area contributed by atoms with E-state index in [9.17, 15) is 19.7 Å². The van der Waals surface area contributed by atoms with E-state index in [-0.39, 0.29) is 17.2 Å². The summed E-state index contributed by atoms with van der Waals surface area (Å²) in [5.41, 5.74) is 2.68. The molecule has 2 aromatic carbocycles. The van der Waals surface area contributed by atoms with Gasteiger partial charge in [0, 0.05) is 23.4 Å². The fourth-order valence-corrected chi connectivity index (χ4v) is 3.15. The van der Waals surface area contributed by atoms with Crippen LogP contribution in [0.4, 0.5) is 11.4 Å². The molecule has 28 heavy (non-hydrogen) atoms. The molecule has 2 rings (SSSR count). The van der Waals surface area contributed by atoms with Gasteiger partial charge in [-0.05, 0) is 50.0 Å². The van der Waals surface area contributed by atoms with Crippen LogP contribution in [0, 0.1) is 24.0 Å². The van der Waals surface area contributed by atoms with Gasteiger partial charge in [-0.3, -0.25) is 19.7 Å². The second-order valence-electron chi connectivity index (χ2n) is 6.42. The molecular formula is C20H23N3O4S. The molecule has 0 aliphatic heterocycles. The topological polar surface area (TPSA) is 101 Å². The summed E-state index contributed by atoms with van der Waals surface area (Å²) >= 11 is 1.57. The maximum atomic E-state index is 12.8. The summed E-state index contributed by atoms with van der Waals surface area (Å²) in [7, 11) is 0. The number of hydrogen-bond donors (Lipinski definition) is 2. The third kappa shape index (κ3) is 5.82. The summed E-state index contributed by atoms with van der Waals surface area (Å²) < 4.78 is 0. The Balaban J connectivity index is 2.15.